The van der Waals surface area contributed by atoms with Crippen LogP contribution in [0.4, 0.5) is 4.39 Å². The second kappa shape index (κ2) is 9.25. The molecular formula is C22H25FN2O6S. The van der Waals surface area contributed by atoms with Gasteiger partial charge < -0.3 is 15.2 Å². The molecule has 2 N–H and O–H groups in total. The number of rotatable bonds is 7. The van der Waals surface area contributed by atoms with Crippen LogP contribution < -0.4 is 10.1 Å². The standard InChI is InChI=1S/C22H25FN2O6S/c1-22(2,31-18-7-5-16(23)6-8-18)21(28)24-17-11-13-25(14-12-17)32(29,30)19-9-3-15(4-10-19)20(26)27/h3-10,17H,11-14H2,1-2H3,(H,24,28)(H,26,27). The molecule has 1 aliphatic rings. The molecule has 0 unspecified atom stereocenters. The minimum atomic E-state index is -3.76. The van der Waals surface area contributed by atoms with Crippen LogP contribution in [-0.4, -0.2) is 54.4 Å². The lowest BCUT2D eigenvalue weighted by molar-refractivity contribution is -0.135. The van der Waals surface area contributed by atoms with Crippen LogP contribution in [0.2, 0.25) is 0 Å². The van der Waals surface area contributed by atoms with Gasteiger partial charge in [0.1, 0.15) is 11.6 Å². The van der Waals surface area contributed by atoms with E-state index in [0.29, 0.717) is 18.6 Å². The van der Waals surface area contributed by atoms with Crippen molar-refractivity contribution in [3.63, 3.8) is 0 Å². The summed E-state index contributed by atoms with van der Waals surface area (Å²) in [6.07, 6.45) is 0.843. The van der Waals surface area contributed by atoms with E-state index in [2.05, 4.69) is 5.32 Å². The van der Waals surface area contributed by atoms with Gasteiger partial charge in [0.15, 0.2) is 5.60 Å². The number of carbonyl (C=O) groups is 2. The molecule has 0 bridgehead atoms. The molecule has 0 aliphatic carbocycles. The Morgan fingerprint density at radius 1 is 1.06 bits per heavy atom. The molecule has 172 valence electrons. The monoisotopic (exact) mass is 464 g/mol. The largest absolute Gasteiger partial charge is 0.478 e. The molecule has 0 radical (unpaired) electrons. The number of ether oxygens (including phenoxy) is 1. The number of carboxylic acid groups (broad SMARTS) is 1. The average molecular weight is 465 g/mol. The number of hydrogen-bond donors (Lipinski definition) is 2. The summed E-state index contributed by atoms with van der Waals surface area (Å²) < 4.78 is 45.7. The number of hydrogen-bond acceptors (Lipinski definition) is 5. The summed E-state index contributed by atoms with van der Waals surface area (Å²) in [5, 5.41) is 11.9. The Labute approximate surface area is 186 Å². The molecule has 1 heterocycles. The second-order valence-corrected chi connectivity index (χ2v) is 9.99. The zero-order valence-electron chi connectivity index (χ0n) is 17.7. The summed E-state index contributed by atoms with van der Waals surface area (Å²) in [5.74, 6) is -1.52. The third kappa shape index (κ3) is 5.43. The zero-order chi connectivity index (χ0) is 23.5. The van der Waals surface area contributed by atoms with Gasteiger partial charge in [0.25, 0.3) is 5.91 Å². The minimum Gasteiger partial charge on any atom is -0.478 e. The highest BCUT2D eigenvalue weighted by Crippen LogP contribution is 2.23. The number of benzene rings is 2. The normalized spacial score (nSPS) is 15.8. The highest BCUT2D eigenvalue weighted by molar-refractivity contribution is 7.89. The van der Waals surface area contributed by atoms with Gasteiger partial charge in [0.2, 0.25) is 10.0 Å². The fourth-order valence-electron chi connectivity index (χ4n) is 3.36. The molecule has 0 atom stereocenters. The lowest BCUT2D eigenvalue weighted by Crippen LogP contribution is -2.53. The zero-order valence-corrected chi connectivity index (χ0v) is 18.6. The Hall–Kier alpha value is -2.98. The van der Waals surface area contributed by atoms with Gasteiger partial charge in [-0.3, -0.25) is 4.79 Å². The predicted molar refractivity (Wildman–Crippen MR) is 114 cm³/mol. The molecule has 1 aliphatic heterocycles. The maximum atomic E-state index is 13.1. The second-order valence-electron chi connectivity index (χ2n) is 8.05. The van der Waals surface area contributed by atoms with E-state index in [0.717, 1.165) is 0 Å². The molecule has 0 saturated carbocycles. The van der Waals surface area contributed by atoms with Gasteiger partial charge in [-0.15, -0.1) is 0 Å². The average Bonchev–Trinajstić information content (AvgIpc) is 2.75. The molecule has 0 spiro atoms. The van der Waals surface area contributed by atoms with E-state index in [1.165, 1.54) is 52.8 Å². The van der Waals surface area contributed by atoms with Crippen LogP contribution in [0.3, 0.4) is 0 Å². The number of amides is 1. The van der Waals surface area contributed by atoms with E-state index < -0.39 is 27.4 Å². The maximum absolute atomic E-state index is 13.1. The van der Waals surface area contributed by atoms with Gasteiger partial charge in [-0.25, -0.2) is 17.6 Å². The topological polar surface area (TPSA) is 113 Å². The van der Waals surface area contributed by atoms with Crippen molar-refractivity contribution in [1.29, 1.82) is 0 Å². The number of piperidine rings is 1. The van der Waals surface area contributed by atoms with E-state index >= 15 is 0 Å². The Balaban J connectivity index is 1.57. The third-order valence-electron chi connectivity index (χ3n) is 5.26. The molecule has 3 rings (SSSR count). The molecule has 0 aromatic heterocycles. The fraction of sp³-hybridized carbons (Fsp3) is 0.364. The molecule has 1 saturated heterocycles. The van der Waals surface area contributed by atoms with E-state index in [1.807, 2.05) is 0 Å². The first kappa shape index (κ1) is 23.7. The first-order valence-corrected chi connectivity index (χ1v) is 11.5. The van der Waals surface area contributed by atoms with Crippen molar-refractivity contribution in [3.05, 3.63) is 59.9 Å². The van der Waals surface area contributed by atoms with Crippen LogP contribution in [0.5, 0.6) is 5.75 Å². The van der Waals surface area contributed by atoms with Gasteiger partial charge in [0, 0.05) is 19.1 Å². The lowest BCUT2D eigenvalue weighted by Gasteiger charge is -2.34. The van der Waals surface area contributed by atoms with Crippen molar-refractivity contribution in [2.75, 3.05) is 13.1 Å². The number of sulfonamides is 1. The van der Waals surface area contributed by atoms with Gasteiger partial charge in [-0.1, -0.05) is 0 Å². The van der Waals surface area contributed by atoms with Gasteiger partial charge in [-0.05, 0) is 75.2 Å². The van der Waals surface area contributed by atoms with Crippen LogP contribution in [0.1, 0.15) is 37.0 Å². The fourth-order valence-corrected chi connectivity index (χ4v) is 4.83. The van der Waals surface area contributed by atoms with Gasteiger partial charge >= 0.3 is 5.97 Å². The van der Waals surface area contributed by atoms with Crippen molar-refractivity contribution < 1.29 is 32.2 Å². The summed E-state index contributed by atoms with van der Waals surface area (Å²) in [4.78, 5) is 23.7. The molecule has 32 heavy (non-hydrogen) atoms. The van der Waals surface area contributed by atoms with E-state index in [4.69, 9.17) is 9.84 Å². The molecule has 2 aromatic rings. The van der Waals surface area contributed by atoms with Crippen LogP contribution in [0, 0.1) is 5.82 Å². The summed E-state index contributed by atoms with van der Waals surface area (Å²) in [6, 6.07) is 10.2. The molecule has 2 aromatic carbocycles. The Kier molecular flexibility index (Phi) is 6.85. The van der Waals surface area contributed by atoms with Gasteiger partial charge in [0.05, 0.1) is 10.5 Å². The predicted octanol–water partition coefficient (Wildman–Crippen LogP) is 2.65. The summed E-state index contributed by atoms with van der Waals surface area (Å²) in [7, 11) is -3.76. The summed E-state index contributed by atoms with van der Waals surface area (Å²) in [5.41, 5.74) is -1.19. The quantitative estimate of drug-likeness (QED) is 0.651. The Morgan fingerprint density at radius 3 is 2.16 bits per heavy atom. The van der Waals surface area contributed by atoms with Crippen molar-refractivity contribution in [1.82, 2.24) is 9.62 Å². The lowest BCUT2D eigenvalue weighted by atomic mass is 10.0. The van der Waals surface area contributed by atoms with Crippen LogP contribution >= 0.6 is 0 Å². The van der Waals surface area contributed by atoms with Crippen LogP contribution in [-0.2, 0) is 14.8 Å². The highest BCUT2D eigenvalue weighted by Gasteiger charge is 2.34. The van der Waals surface area contributed by atoms with Crippen molar-refractivity contribution in [2.24, 2.45) is 0 Å². The molecule has 1 amide bonds. The van der Waals surface area contributed by atoms with Crippen molar-refractivity contribution >= 4 is 21.9 Å². The first-order valence-electron chi connectivity index (χ1n) is 10.1. The number of halogens is 1. The number of carbonyl (C=O) groups excluding carboxylic acids is 1. The van der Waals surface area contributed by atoms with Crippen LogP contribution in [0.15, 0.2) is 53.4 Å². The van der Waals surface area contributed by atoms with Crippen molar-refractivity contribution in [3.8, 4) is 5.75 Å². The molecule has 8 nitrogen and oxygen atoms in total. The molecule has 1 fully saturated rings. The van der Waals surface area contributed by atoms with E-state index in [1.54, 1.807) is 13.8 Å². The number of nitrogens with zero attached hydrogens (tertiary/aromatic N) is 1. The smallest absolute Gasteiger partial charge is 0.335 e. The summed E-state index contributed by atoms with van der Waals surface area (Å²) in [6.45, 7) is 3.64. The van der Waals surface area contributed by atoms with E-state index in [9.17, 15) is 22.4 Å². The van der Waals surface area contributed by atoms with Crippen molar-refractivity contribution in [2.45, 2.75) is 43.2 Å². The molecule has 10 heteroatoms. The number of aromatic carboxylic acids is 1. The number of carboxylic acids is 1. The highest BCUT2D eigenvalue weighted by atomic mass is 32.2. The summed E-state index contributed by atoms with van der Waals surface area (Å²) >= 11 is 0. The van der Waals surface area contributed by atoms with E-state index in [-0.39, 0.29) is 35.5 Å². The molecular weight excluding hydrogens is 439 g/mol. The Bertz CT molecular complexity index is 1080. The minimum absolute atomic E-state index is 0.0100. The third-order valence-corrected chi connectivity index (χ3v) is 7.17. The maximum Gasteiger partial charge on any atom is 0.335 e. The van der Waals surface area contributed by atoms with Gasteiger partial charge in [-0.2, -0.15) is 4.31 Å². The van der Waals surface area contributed by atoms with Crippen LogP contribution in [0.25, 0.3) is 0 Å². The SMILES string of the molecule is CC(C)(Oc1ccc(F)cc1)C(=O)NC1CCN(S(=O)(=O)c2ccc(C(=O)O)cc2)CC1. The first-order chi connectivity index (χ1) is 15.0. The Morgan fingerprint density at radius 2 is 1.62 bits per heavy atom. The number of nitrogens with one attached hydrogen (secondary N) is 1.